The van der Waals surface area contributed by atoms with Gasteiger partial charge in [-0.25, -0.2) is 15.0 Å². The lowest BCUT2D eigenvalue weighted by Crippen LogP contribution is -2.50. The fraction of sp³-hybridized carbons (Fsp3) is 0.478. The Balaban J connectivity index is 1.46. The summed E-state index contributed by atoms with van der Waals surface area (Å²) in [5.41, 5.74) is 2.17. The van der Waals surface area contributed by atoms with E-state index in [0.29, 0.717) is 38.6 Å². The molecule has 3 rings (SSSR count). The molecule has 1 aliphatic heterocycles. The summed E-state index contributed by atoms with van der Waals surface area (Å²) in [5, 5.41) is 6.50. The molecule has 32 heavy (non-hydrogen) atoms. The van der Waals surface area contributed by atoms with Crippen LogP contribution in [0.3, 0.4) is 0 Å². The third kappa shape index (κ3) is 6.57. The second-order valence-electron chi connectivity index (χ2n) is 7.60. The van der Waals surface area contributed by atoms with Gasteiger partial charge in [-0.05, 0) is 31.5 Å². The monoisotopic (exact) mass is 439 g/mol. The number of nitrogens with zero attached hydrogens (tertiary/aromatic N) is 5. The van der Waals surface area contributed by atoms with Crippen molar-refractivity contribution in [1.82, 2.24) is 25.5 Å². The first-order valence-electron chi connectivity index (χ1n) is 11.1. The van der Waals surface area contributed by atoms with Gasteiger partial charge in [-0.3, -0.25) is 4.79 Å². The van der Waals surface area contributed by atoms with Crippen LogP contribution in [0.4, 0.5) is 5.95 Å². The topological polar surface area (TPSA) is 95.0 Å². The maximum atomic E-state index is 12.6. The Morgan fingerprint density at radius 1 is 1.16 bits per heavy atom. The highest BCUT2D eigenvalue weighted by molar-refractivity contribution is 5.81. The van der Waals surface area contributed by atoms with Gasteiger partial charge >= 0.3 is 0 Å². The number of hydrogen-bond donors (Lipinski definition) is 2. The lowest BCUT2D eigenvalue weighted by Gasteiger charge is -2.34. The van der Waals surface area contributed by atoms with E-state index in [9.17, 15) is 4.79 Å². The van der Waals surface area contributed by atoms with E-state index in [2.05, 4.69) is 36.6 Å². The Labute approximate surface area is 189 Å². The Kier molecular flexibility index (Phi) is 8.65. The molecule has 2 N–H and O–H groups in total. The highest BCUT2D eigenvalue weighted by Gasteiger charge is 2.22. The highest BCUT2D eigenvalue weighted by Crippen LogP contribution is 2.20. The van der Waals surface area contributed by atoms with Crippen LogP contribution in [-0.4, -0.2) is 73.1 Å². The largest absolute Gasteiger partial charge is 0.496 e. The van der Waals surface area contributed by atoms with Gasteiger partial charge < -0.3 is 25.2 Å². The number of rotatable bonds is 8. The van der Waals surface area contributed by atoms with Crippen molar-refractivity contribution in [2.24, 2.45) is 4.99 Å². The molecule has 0 atom stereocenters. The first kappa shape index (κ1) is 23.3. The van der Waals surface area contributed by atoms with Crippen LogP contribution in [0.25, 0.3) is 0 Å². The van der Waals surface area contributed by atoms with Crippen LogP contribution in [0.15, 0.2) is 41.7 Å². The van der Waals surface area contributed by atoms with Gasteiger partial charge in [0.15, 0.2) is 5.96 Å². The number of benzene rings is 1. The minimum absolute atomic E-state index is 0.141. The molecule has 0 spiro atoms. The number of aryl methyl sites for hydroxylation is 1. The van der Waals surface area contributed by atoms with Crippen LogP contribution in [0.1, 0.15) is 24.5 Å². The zero-order chi connectivity index (χ0) is 22.8. The highest BCUT2D eigenvalue weighted by atomic mass is 16.5. The first-order valence-corrected chi connectivity index (χ1v) is 11.1. The first-order chi connectivity index (χ1) is 15.6. The van der Waals surface area contributed by atoms with E-state index >= 15 is 0 Å². The summed E-state index contributed by atoms with van der Waals surface area (Å²) in [6, 6.07) is 7.90. The van der Waals surface area contributed by atoms with Crippen molar-refractivity contribution in [2.45, 2.75) is 26.8 Å². The van der Waals surface area contributed by atoms with E-state index in [-0.39, 0.29) is 5.91 Å². The average Bonchev–Trinajstić information content (AvgIpc) is 2.83. The Morgan fingerprint density at radius 2 is 1.91 bits per heavy atom. The summed E-state index contributed by atoms with van der Waals surface area (Å²) in [4.78, 5) is 29.9. The van der Waals surface area contributed by atoms with Gasteiger partial charge in [0.2, 0.25) is 11.9 Å². The number of hydrogen-bond acceptors (Lipinski definition) is 6. The molecule has 1 saturated heterocycles. The van der Waals surface area contributed by atoms with E-state index < -0.39 is 0 Å². The standard InChI is InChI=1S/C23H33N7O2/c1-4-24-22(28-17-19-7-6-18(2)16-20(19)32-3)25-11-8-21(31)29-12-14-30(15-13-29)23-26-9-5-10-27-23/h5-7,9-10,16H,4,8,11-15,17H2,1-3H3,(H2,24,25,28). The number of methoxy groups -OCH3 is 1. The molecule has 0 bridgehead atoms. The molecule has 1 aromatic heterocycles. The van der Waals surface area contributed by atoms with Crippen LogP contribution < -0.4 is 20.3 Å². The lowest BCUT2D eigenvalue weighted by molar-refractivity contribution is -0.131. The molecule has 0 aliphatic carbocycles. The number of ether oxygens (including phenoxy) is 1. The molecule has 172 valence electrons. The van der Waals surface area contributed by atoms with Gasteiger partial charge in [-0.1, -0.05) is 12.1 Å². The van der Waals surface area contributed by atoms with Crippen LogP contribution >= 0.6 is 0 Å². The number of piperazine rings is 1. The molecular weight excluding hydrogens is 406 g/mol. The van der Waals surface area contributed by atoms with Crippen molar-refractivity contribution >= 4 is 17.8 Å². The summed E-state index contributed by atoms with van der Waals surface area (Å²) in [5.74, 6) is 2.38. The van der Waals surface area contributed by atoms with E-state index in [4.69, 9.17) is 4.74 Å². The van der Waals surface area contributed by atoms with Crippen molar-refractivity contribution < 1.29 is 9.53 Å². The van der Waals surface area contributed by atoms with Crippen LogP contribution in [-0.2, 0) is 11.3 Å². The third-order valence-electron chi connectivity index (χ3n) is 5.29. The number of anilines is 1. The maximum Gasteiger partial charge on any atom is 0.225 e. The molecule has 0 saturated carbocycles. The van der Waals surface area contributed by atoms with E-state index in [1.807, 2.05) is 30.9 Å². The number of nitrogens with one attached hydrogen (secondary N) is 2. The summed E-state index contributed by atoms with van der Waals surface area (Å²) >= 11 is 0. The SMILES string of the molecule is CCNC(=NCc1ccc(C)cc1OC)NCCC(=O)N1CCN(c2ncccn2)CC1. The molecule has 1 aromatic carbocycles. The number of amides is 1. The summed E-state index contributed by atoms with van der Waals surface area (Å²) in [6.45, 7) is 8.66. The Morgan fingerprint density at radius 3 is 2.59 bits per heavy atom. The van der Waals surface area contributed by atoms with Gasteiger partial charge in [0.25, 0.3) is 0 Å². The van der Waals surface area contributed by atoms with Gasteiger partial charge in [-0.2, -0.15) is 0 Å². The normalized spacial score (nSPS) is 14.3. The molecule has 0 unspecified atom stereocenters. The van der Waals surface area contributed by atoms with Gasteiger partial charge in [0.1, 0.15) is 5.75 Å². The quantitative estimate of drug-likeness (QED) is 0.476. The Hall–Kier alpha value is -3.36. The predicted molar refractivity (Wildman–Crippen MR) is 126 cm³/mol. The number of carbonyl (C=O) groups is 1. The van der Waals surface area contributed by atoms with Crippen molar-refractivity contribution in [3.63, 3.8) is 0 Å². The molecule has 1 fully saturated rings. The molecule has 1 aliphatic rings. The summed E-state index contributed by atoms with van der Waals surface area (Å²) in [6.07, 6.45) is 3.90. The van der Waals surface area contributed by atoms with Crippen molar-refractivity contribution in [3.05, 3.63) is 47.8 Å². The van der Waals surface area contributed by atoms with E-state index in [1.165, 1.54) is 0 Å². The minimum Gasteiger partial charge on any atom is -0.496 e. The van der Waals surface area contributed by atoms with Crippen LogP contribution in [0.5, 0.6) is 5.75 Å². The fourth-order valence-corrected chi connectivity index (χ4v) is 3.54. The second kappa shape index (κ2) is 11.9. The summed E-state index contributed by atoms with van der Waals surface area (Å²) < 4.78 is 5.46. The van der Waals surface area contributed by atoms with Crippen LogP contribution in [0, 0.1) is 6.92 Å². The van der Waals surface area contributed by atoms with E-state index in [1.54, 1.807) is 25.6 Å². The fourth-order valence-electron chi connectivity index (χ4n) is 3.54. The molecule has 9 heteroatoms. The zero-order valence-electron chi connectivity index (χ0n) is 19.2. The number of carbonyl (C=O) groups excluding carboxylic acids is 1. The van der Waals surface area contributed by atoms with Crippen molar-refractivity contribution in [2.75, 3.05) is 51.3 Å². The van der Waals surface area contributed by atoms with E-state index in [0.717, 1.165) is 42.5 Å². The van der Waals surface area contributed by atoms with Crippen molar-refractivity contribution in [1.29, 1.82) is 0 Å². The molecule has 2 aromatic rings. The molecule has 0 radical (unpaired) electrons. The maximum absolute atomic E-state index is 12.6. The number of aliphatic imine (C=N–C) groups is 1. The minimum atomic E-state index is 0.141. The smallest absolute Gasteiger partial charge is 0.225 e. The molecule has 2 heterocycles. The van der Waals surface area contributed by atoms with Crippen LogP contribution in [0.2, 0.25) is 0 Å². The van der Waals surface area contributed by atoms with Crippen molar-refractivity contribution in [3.8, 4) is 5.75 Å². The van der Waals surface area contributed by atoms with Gasteiger partial charge in [0, 0.05) is 63.6 Å². The second-order valence-corrected chi connectivity index (χ2v) is 7.60. The zero-order valence-corrected chi connectivity index (χ0v) is 19.2. The van der Waals surface area contributed by atoms with Gasteiger partial charge in [0.05, 0.1) is 13.7 Å². The molecule has 9 nitrogen and oxygen atoms in total. The van der Waals surface area contributed by atoms with Gasteiger partial charge in [-0.15, -0.1) is 0 Å². The predicted octanol–water partition coefficient (Wildman–Crippen LogP) is 1.59. The average molecular weight is 440 g/mol. The molecular formula is C23H33N7O2. The summed E-state index contributed by atoms with van der Waals surface area (Å²) in [7, 11) is 1.67. The number of aromatic nitrogens is 2. The lowest BCUT2D eigenvalue weighted by atomic mass is 10.1. The number of guanidine groups is 1. The Bertz CT molecular complexity index is 896. The molecule has 1 amide bonds. The third-order valence-corrected chi connectivity index (χ3v) is 5.29.